The van der Waals surface area contributed by atoms with Crippen molar-refractivity contribution in [2.75, 3.05) is 0 Å². The Kier molecular flexibility index (Phi) is 8.27. The molecule has 0 atom stereocenters. The van der Waals surface area contributed by atoms with E-state index in [9.17, 15) is 0 Å². The molecular formula is C31H34O. The molecule has 0 fully saturated rings. The van der Waals surface area contributed by atoms with E-state index >= 15 is 0 Å². The van der Waals surface area contributed by atoms with Crippen LogP contribution in [-0.2, 0) is 18.3 Å². The van der Waals surface area contributed by atoms with Crippen LogP contribution >= 0.6 is 0 Å². The van der Waals surface area contributed by atoms with E-state index < -0.39 is 0 Å². The Balaban J connectivity index is 0.000000352. The SMILES string of the molecule is CC(C)(C)c1ccccc1Oc1ccccc1CCc1ccccc1.Cc1ccccc1. The molecule has 4 aromatic rings. The molecule has 0 aliphatic heterocycles. The highest BCUT2D eigenvalue weighted by Crippen LogP contribution is 2.35. The van der Waals surface area contributed by atoms with Gasteiger partial charge in [0.1, 0.15) is 11.5 Å². The maximum absolute atomic E-state index is 6.36. The molecule has 0 amide bonds. The Morgan fingerprint density at radius 1 is 0.562 bits per heavy atom. The molecule has 0 saturated heterocycles. The van der Waals surface area contributed by atoms with Gasteiger partial charge in [0.25, 0.3) is 0 Å². The van der Waals surface area contributed by atoms with E-state index in [0.717, 1.165) is 24.3 Å². The minimum atomic E-state index is 0.0512. The van der Waals surface area contributed by atoms with Gasteiger partial charge < -0.3 is 4.74 Å². The van der Waals surface area contributed by atoms with Crippen LogP contribution in [0.4, 0.5) is 0 Å². The van der Waals surface area contributed by atoms with Crippen molar-refractivity contribution >= 4 is 0 Å². The van der Waals surface area contributed by atoms with Crippen LogP contribution < -0.4 is 4.74 Å². The molecule has 0 saturated carbocycles. The second kappa shape index (κ2) is 11.3. The van der Waals surface area contributed by atoms with Crippen LogP contribution in [-0.4, -0.2) is 0 Å². The summed E-state index contributed by atoms with van der Waals surface area (Å²) in [5.41, 5.74) is 5.20. The summed E-state index contributed by atoms with van der Waals surface area (Å²) in [7, 11) is 0. The predicted octanol–water partition coefficient (Wildman–Crippen LogP) is 8.56. The van der Waals surface area contributed by atoms with Crippen LogP contribution in [0.5, 0.6) is 11.5 Å². The van der Waals surface area contributed by atoms with E-state index in [1.54, 1.807) is 0 Å². The molecule has 1 heteroatoms. The summed E-state index contributed by atoms with van der Waals surface area (Å²) in [6.45, 7) is 8.74. The molecule has 0 aromatic heterocycles. The molecule has 1 nitrogen and oxygen atoms in total. The minimum Gasteiger partial charge on any atom is -0.457 e. The average molecular weight is 423 g/mol. The van der Waals surface area contributed by atoms with Gasteiger partial charge in [-0.15, -0.1) is 0 Å². The fourth-order valence-corrected chi connectivity index (χ4v) is 3.56. The molecule has 0 unspecified atom stereocenters. The molecule has 0 N–H and O–H groups in total. The molecule has 0 heterocycles. The third-order valence-corrected chi connectivity index (χ3v) is 5.35. The van der Waals surface area contributed by atoms with Gasteiger partial charge in [0.05, 0.1) is 0 Å². The van der Waals surface area contributed by atoms with Crippen molar-refractivity contribution in [1.82, 2.24) is 0 Å². The largest absolute Gasteiger partial charge is 0.457 e. The van der Waals surface area contributed by atoms with Crippen LogP contribution in [0.3, 0.4) is 0 Å². The van der Waals surface area contributed by atoms with Gasteiger partial charge in [-0.25, -0.2) is 0 Å². The molecule has 4 aromatic carbocycles. The summed E-state index contributed by atoms with van der Waals surface area (Å²) < 4.78 is 6.36. The van der Waals surface area contributed by atoms with Gasteiger partial charge in [0.15, 0.2) is 0 Å². The van der Waals surface area contributed by atoms with Crippen molar-refractivity contribution in [2.24, 2.45) is 0 Å². The monoisotopic (exact) mass is 422 g/mol. The van der Waals surface area contributed by atoms with Crippen molar-refractivity contribution in [2.45, 2.75) is 46.0 Å². The third-order valence-electron chi connectivity index (χ3n) is 5.35. The van der Waals surface area contributed by atoms with Gasteiger partial charge in [-0.1, -0.05) is 123 Å². The van der Waals surface area contributed by atoms with Crippen molar-refractivity contribution in [1.29, 1.82) is 0 Å². The number of benzene rings is 4. The molecular weight excluding hydrogens is 388 g/mol. The molecule has 0 bridgehead atoms. The van der Waals surface area contributed by atoms with E-state index in [1.165, 1.54) is 22.3 Å². The standard InChI is InChI=1S/C24H26O.C7H8/c1-24(2,3)21-14-8-10-16-23(21)25-22-15-9-7-13-20(22)18-17-19-11-5-4-6-12-19;1-7-5-3-2-4-6-7/h4-16H,17-18H2,1-3H3;2-6H,1H3. The number of ether oxygens (including phenoxy) is 1. The Morgan fingerprint density at radius 2 is 1.09 bits per heavy atom. The van der Waals surface area contributed by atoms with Crippen LogP contribution in [0.15, 0.2) is 109 Å². The normalized spacial score (nSPS) is 10.8. The maximum atomic E-state index is 6.36. The van der Waals surface area contributed by atoms with Crippen LogP contribution in [0, 0.1) is 6.92 Å². The number of para-hydroxylation sites is 2. The summed E-state index contributed by atoms with van der Waals surface area (Å²) >= 11 is 0. The summed E-state index contributed by atoms with van der Waals surface area (Å²) in [6, 6.07) is 37.6. The number of hydrogen-bond acceptors (Lipinski definition) is 1. The molecule has 0 spiro atoms. The first kappa shape index (κ1) is 23.3. The van der Waals surface area contributed by atoms with Gasteiger partial charge in [-0.3, -0.25) is 0 Å². The zero-order valence-electron chi connectivity index (χ0n) is 19.7. The topological polar surface area (TPSA) is 9.23 Å². The molecule has 0 radical (unpaired) electrons. The number of aryl methyl sites for hydroxylation is 3. The second-order valence-electron chi connectivity index (χ2n) is 9.10. The minimum absolute atomic E-state index is 0.0512. The van der Waals surface area contributed by atoms with Crippen LogP contribution in [0.2, 0.25) is 0 Å². The van der Waals surface area contributed by atoms with Crippen molar-refractivity contribution < 1.29 is 4.74 Å². The average Bonchev–Trinajstić information content (AvgIpc) is 2.80. The smallest absolute Gasteiger partial charge is 0.131 e. The first-order chi connectivity index (χ1) is 15.4. The first-order valence-corrected chi connectivity index (χ1v) is 11.3. The van der Waals surface area contributed by atoms with Crippen LogP contribution in [0.1, 0.15) is 43.0 Å². The predicted molar refractivity (Wildman–Crippen MR) is 137 cm³/mol. The zero-order valence-corrected chi connectivity index (χ0v) is 19.7. The summed E-state index contributed by atoms with van der Waals surface area (Å²) in [5.74, 6) is 1.90. The van der Waals surface area contributed by atoms with Crippen molar-refractivity contribution in [3.63, 3.8) is 0 Å². The van der Waals surface area contributed by atoms with E-state index in [2.05, 4.69) is 107 Å². The van der Waals surface area contributed by atoms with Gasteiger partial charge >= 0.3 is 0 Å². The highest BCUT2D eigenvalue weighted by atomic mass is 16.5. The highest BCUT2D eigenvalue weighted by molar-refractivity contribution is 5.44. The highest BCUT2D eigenvalue weighted by Gasteiger charge is 2.19. The van der Waals surface area contributed by atoms with Crippen molar-refractivity contribution in [3.05, 3.63) is 131 Å². The molecule has 32 heavy (non-hydrogen) atoms. The lowest BCUT2D eigenvalue weighted by atomic mass is 9.86. The quantitative estimate of drug-likeness (QED) is 0.313. The summed E-state index contributed by atoms with van der Waals surface area (Å²) in [6.07, 6.45) is 1.99. The molecule has 0 aliphatic carbocycles. The number of rotatable bonds is 5. The van der Waals surface area contributed by atoms with E-state index in [4.69, 9.17) is 4.74 Å². The summed E-state index contributed by atoms with van der Waals surface area (Å²) in [4.78, 5) is 0. The van der Waals surface area contributed by atoms with E-state index in [1.807, 2.05) is 30.3 Å². The second-order valence-corrected chi connectivity index (χ2v) is 9.10. The lowest BCUT2D eigenvalue weighted by Gasteiger charge is -2.23. The fourth-order valence-electron chi connectivity index (χ4n) is 3.56. The maximum Gasteiger partial charge on any atom is 0.131 e. The van der Waals surface area contributed by atoms with Gasteiger partial charge in [0.2, 0.25) is 0 Å². The Labute approximate surface area is 193 Å². The van der Waals surface area contributed by atoms with Gasteiger partial charge in [0, 0.05) is 5.56 Å². The lowest BCUT2D eigenvalue weighted by molar-refractivity contribution is 0.450. The Morgan fingerprint density at radius 3 is 1.69 bits per heavy atom. The Hall–Kier alpha value is -3.32. The molecule has 0 aliphatic rings. The van der Waals surface area contributed by atoms with E-state index in [-0.39, 0.29) is 5.41 Å². The van der Waals surface area contributed by atoms with E-state index in [0.29, 0.717) is 0 Å². The van der Waals surface area contributed by atoms with Gasteiger partial charge in [-0.2, -0.15) is 0 Å². The molecule has 4 rings (SSSR count). The van der Waals surface area contributed by atoms with Crippen molar-refractivity contribution in [3.8, 4) is 11.5 Å². The summed E-state index contributed by atoms with van der Waals surface area (Å²) in [5, 5.41) is 0. The zero-order chi connectivity index (χ0) is 22.8. The fraction of sp³-hybridized carbons (Fsp3) is 0.226. The lowest BCUT2D eigenvalue weighted by Crippen LogP contribution is -2.12. The molecule has 164 valence electrons. The third kappa shape index (κ3) is 7.13. The Bertz CT molecular complexity index is 1080. The first-order valence-electron chi connectivity index (χ1n) is 11.3. The van der Waals surface area contributed by atoms with Gasteiger partial charge in [-0.05, 0) is 48.4 Å². The van der Waals surface area contributed by atoms with Crippen LogP contribution in [0.25, 0.3) is 0 Å². The number of hydrogen-bond donors (Lipinski definition) is 0.